The average Bonchev–Trinajstić information content (AvgIpc) is 1.76. The largest absolute Gasteiger partial charge is 3.00 e. The van der Waals surface area contributed by atoms with E-state index in [4.69, 9.17) is 0 Å². The molecule has 0 aliphatic rings. The van der Waals surface area contributed by atoms with E-state index in [0.29, 0.717) is 0 Å². The summed E-state index contributed by atoms with van der Waals surface area (Å²) in [7, 11) is 0. The van der Waals surface area contributed by atoms with E-state index in [1.54, 1.807) is 18.7 Å². The minimum atomic E-state index is 0. The van der Waals surface area contributed by atoms with Crippen LogP contribution in [0.2, 0.25) is 0 Å². The molecule has 2 nitrogen and oxygen atoms in total. The van der Waals surface area contributed by atoms with Crippen LogP contribution in [0.1, 0.15) is 0 Å². The molecular formula is C3H4GaN2+3. The van der Waals surface area contributed by atoms with Crippen molar-refractivity contribution in [2.75, 3.05) is 0 Å². The van der Waals surface area contributed by atoms with Gasteiger partial charge in [-0.15, -0.1) is 0 Å². The van der Waals surface area contributed by atoms with Gasteiger partial charge in [0.2, 0.25) is 0 Å². The molecule has 0 aromatic carbocycles. The summed E-state index contributed by atoms with van der Waals surface area (Å²) in [5.74, 6) is 0. The minimum Gasteiger partial charge on any atom is -0.351 e. The Hall–Kier alpha value is -0.154. The van der Waals surface area contributed by atoms with E-state index in [0.717, 1.165) is 0 Å². The SMILES string of the molecule is [Ga+3].c1c[nH]cn1. The van der Waals surface area contributed by atoms with E-state index in [2.05, 4.69) is 9.97 Å². The molecule has 1 heterocycles. The third-order valence-electron chi connectivity index (χ3n) is 0.406. The molecule has 0 aliphatic heterocycles. The number of aromatic nitrogens is 2. The van der Waals surface area contributed by atoms with E-state index in [1.165, 1.54) is 0 Å². The molecule has 1 rings (SSSR count). The van der Waals surface area contributed by atoms with E-state index in [-0.39, 0.29) is 19.8 Å². The smallest absolute Gasteiger partial charge is 0.351 e. The molecule has 0 bridgehead atoms. The van der Waals surface area contributed by atoms with Crippen molar-refractivity contribution in [3.63, 3.8) is 0 Å². The maximum absolute atomic E-state index is 3.67. The molecule has 0 saturated heterocycles. The number of hydrogen-bond donors (Lipinski definition) is 1. The van der Waals surface area contributed by atoms with Crippen LogP contribution in [0.3, 0.4) is 0 Å². The second kappa shape index (κ2) is 3.05. The van der Waals surface area contributed by atoms with E-state index < -0.39 is 0 Å². The van der Waals surface area contributed by atoms with Gasteiger partial charge in [0, 0.05) is 12.4 Å². The van der Waals surface area contributed by atoms with E-state index in [9.17, 15) is 0 Å². The molecular weight excluding hydrogens is 134 g/mol. The zero-order valence-corrected chi connectivity index (χ0v) is 5.68. The number of hydrogen-bond acceptors (Lipinski definition) is 1. The zero-order chi connectivity index (χ0) is 3.54. The van der Waals surface area contributed by atoms with Crippen molar-refractivity contribution in [3.8, 4) is 0 Å². The first-order chi connectivity index (χ1) is 2.50. The van der Waals surface area contributed by atoms with Crippen molar-refractivity contribution in [2.24, 2.45) is 0 Å². The summed E-state index contributed by atoms with van der Waals surface area (Å²) in [4.78, 5) is 6.42. The van der Waals surface area contributed by atoms with Crippen molar-refractivity contribution in [1.82, 2.24) is 9.97 Å². The fourth-order valence-corrected chi connectivity index (χ4v) is 0.215. The Morgan fingerprint density at radius 2 is 2.33 bits per heavy atom. The monoisotopic (exact) mass is 137 g/mol. The van der Waals surface area contributed by atoms with Crippen molar-refractivity contribution in [3.05, 3.63) is 18.7 Å². The van der Waals surface area contributed by atoms with Crippen LogP contribution in [0.15, 0.2) is 18.7 Å². The Bertz CT molecular complexity index is 65.3. The number of nitrogens with one attached hydrogen (secondary N) is 1. The normalized spacial score (nSPS) is 6.67. The third-order valence-corrected chi connectivity index (χ3v) is 0.406. The van der Waals surface area contributed by atoms with Gasteiger partial charge in [-0.05, 0) is 0 Å². The van der Waals surface area contributed by atoms with Crippen LogP contribution in [0, 0.1) is 0 Å². The molecule has 3 heteroatoms. The molecule has 0 saturated carbocycles. The maximum atomic E-state index is 3.67. The molecule has 0 aliphatic carbocycles. The van der Waals surface area contributed by atoms with Crippen LogP contribution >= 0.6 is 0 Å². The molecule has 0 spiro atoms. The molecule has 0 unspecified atom stereocenters. The second-order valence-electron chi connectivity index (χ2n) is 0.761. The fourth-order valence-electron chi connectivity index (χ4n) is 0.215. The van der Waals surface area contributed by atoms with Gasteiger partial charge in [-0.25, -0.2) is 4.98 Å². The molecule has 6 heavy (non-hydrogen) atoms. The Morgan fingerprint density at radius 3 is 2.50 bits per heavy atom. The van der Waals surface area contributed by atoms with Gasteiger partial charge >= 0.3 is 19.8 Å². The molecule has 1 N–H and O–H groups in total. The van der Waals surface area contributed by atoms with Crippen molar-refractivity contribution in [1.29, 1.82) is 0 Å². The van der Waals surface area contributed by atoms with Gasteiger partial charge in [-0.2, -0.15) is 0 Å². The number of aromatic amines is 1. The predicted octanol–water partition coefficient (Wildman–Crippen LogP) is 0.0289. The van der Waals surface area contributed by atoms with Crippen molar-refractivity contribution >= 4 is 19.8 Å². The van der Waals surface area contributed by atoms with Gasteiger partial charge in [0.05, 0.1) is 6.33 Å². The van der Waals surface area contributed by atoms with Gasteiger partial charge in [0.15, 0.2) is 0 Å². The average molecular weight is 138 g/mol. The summed E-state index contributed by atoms with van der Waals surface area (Å²) in [5.41, 5.74) is 0. The Kier molecular flexibility index (Phi) is 2.97. The molecule has 0 amide bonds. The minimum absolute atomic E-state index is 0. The summed E-state index contributed by atoms with van der Waals surface area (Å²) in [5, 5.41) is 0. The van der Waals surface area contributed by atoms with Crippen molar-refractivity contribution < 1.29 is 0 Å². The molecule has 1 aromatic rings. The van der Waals surface area contributed by atoms with Crippen LogP contribution in [-0.4, -0.2) is 29.8 Å². The summed E-state index contributed by atoms with van der Waals surface area (Å²) < 4.78 is 0. The van der Waals surface area contributed by atoms with Crippen LogP contribution in [0.25, 0.3) is 0 Å². The van der Waals surface area contributed by atoms with Gasteiger partial charge in [0.1, 0.15) is 0 Å². The maximum Gasteiger partial charge on any atom is 3.00 e. The first-order valence-corrected chi connectivity index (χ1v) is 1.43. The molecule has 0 radical (unpaired) electrons. The van der Waals surface area contributed by atoms with E-state index in [1.807, 2.05) is 0 Å². The molecule has 0 fully saturated rings. The van der Waals surface area contributed by atoms with Gasteiger partial charge in [0.25, 0.3) is 0 Å². The van der Waals surface area contributed by atoms with Crippen LogP contribution < -0.4 is 0 Å². The first-order valence-electron chi connectivity index (χ1n) is 1.43. The first kappa shape index (κ1) is 5.85. The number of nitrogens with zero attached hydrogens (tertiary/aromatic N) is 1. The zero-order valence-electron chi connectivity index (χ0n) is 3.26. The van der Waals surface area contributed by atoms with Crippen molar-refractivity contribution in [2.45, 2.75) is 0 Å². The summed E-state index contributed by atoms with van der Waals surface area (Å²) in [6.45, 7) is 0. The fraction of sp³-hybridized carbons (Fsp3) is 0. The summed E-state index contributed by atoms with van der Waals surface area (Å²) in [6.07, 6.45) is 5.08. The standard InChI is InChI=1S/C3H4N2.Ga/c1-2-5-3-4-1;/h1-3H,(H,4,5);/q;+3. The molecule has 1 aromatic heterocycles. The van der Waals surface area contributed by atoms with Gasteiger partial charge < -0.3 is 4.98 Å². The van der Waals surface area contributed by atoms with Crippen LogP contribution in [0.5, 0.6) is 0 Å². The third kappa shape index (κ3) is 1.33. The quantitative estimate of drug-likeness (QED) is 0.503. The summed E-state index contributed by atoms with van der Waals surface area (Å²) in [6, 6.07) is 0. The Morgan fingerprint density at radius 1 is 1.50 bits per heavy atom. The second-order valence-corrected chi connectivity index (χ2v) is 0.761. The number of imidazole rings is 1. The van der Waals surface area contributed by atoms with Gasteiger partial charge in [-0.3, -0.25) is 0 Å². The number of H-pyrrole nitrogens is 1. The Labute approximate surface area is 49.0 Å². The van der Waals surface area contributed by atoms with Gasteiger partial charge in [-0.1, -0.05) is 0 Å². The summed E-state index contributed by atoms with van der Waals surface area (Å²) >= 11 is 0. The molecule has 26 valence electrons. The van der Waals surface area contributed by atoms with E-state index >= 15 is 0 Å². The van der Waals surface area contributed by atoms with Crippen LogP contribution in [0.4, 0.5) is 0 Å². The topological polar surface area (TPSA) is 28.7 Å². The predicted molar refractivity (Wildman–Crippen MR) is 24.3 cm³/mol. The van der Waals surface area contributed by atoms with Crippen LogP contribution in [-0.2, 0) is 0 Å². The number of rotatable bonds is 0. The molecule has 0 atom stereocenters. The Balaban J connectivity index is 0.000000250.